The van der Waals surface area contributed by atoms with Gasteiger partial charge in [-0.3, -0.25) is 9.89 Å². The second-order valence-electron chi connectivity index (χ2n) is 4.84. The van der Waals surface area contributed by atoms with Gasteiger partial charge in [0.15, 0.2) is 5.69 Å². The fraction of sp³-hybridized carbons (Fsp3) is 0.385. The number of hydrogen-bond donors (Lipinski definition) is 2. The van der Waals surface area contributed by atoms with E-state index >= 15 is 0 Å². The van der Waals surface area contributed by atoms with Gasteiger partial charge in [0.2, 0.25) is 0 Å². The molecule has 1 aliphatic rings. The molecule has 0 unspecified atom stereocenters. The maximum Gasteiger partial charge on any atom is 0.272 e. The van der Waals surface area contributed by atoms with Crippen molar-refractivity contribution in [2.45, 2.75) is 12.5 Å². The van der Waals surface area contributed by atoms with Crippen LogP contribution in [0.4, 0.5) is 0 Å². The van der Waals surface area contributed by atoms with E-state index < -0.39 is 0 Å². The van der Waals surface area contributed by atoms with Crippen molar-refractivity contribution in [3.8, 4) is 0 Å². The minimum Gasteiger partial charge on any atom is -0.347 e. The van der Waals surface area contributed by atoms with E-state index in [0.717, 1.165) is 30.4 Å². The first-order valence-corrected chi connectivity index (χ1v) is 6.16. The number of hydrogen-bond acceptors (Lipinski definition) is 3. The first-order valence-electron chi connectivity index (χ1n) is 6.16. The molecule has 1 fully saturated rings. The minimum absolute atomic E-state index is 0.0900. The molecule has 1 aromatic carbocycles. The normalized spacial score (nSPS) is 20.4. The maximum absolute atomic E-state index is 12.2. The first-order chi connectivity index (χ1) is 8.74. The molecule has 3 rings (SSSR count). The topological polar surface area (TPSA) is 61.0 Å². The van der Waals surface area contributed by atoms with Gasteiger partial charge >= 0.3 is 0 Å². The fourth-order valence-electron chi connectivity index (χ4n) is 2.44. The Balaban J connectivity index is 1.80. The largest absolute Gasteiger partial charge is 0.347 e. The highest BCUT2D eigenvalue weighted by Gasteiger charge is 2.23. The second kappa shape index (κ2) is 4.42. The molecular weight excluding hydrogens is 228 g/mol. The number of benzene rings is 1. The Bertz CT molecular complexity index is 577. The molecule has 1 amide bonds. The lowest BCUT2D eigenvalue weighted by molar-refractivity contribution is 0.0935. The van der Waals surface area contributed by atoms with Crippen LogP contribution in [0, 0.1) is 0 Å². The lowest BCUT2D eigenvalue weighted by atomic mass is 10.2. The third-order valence-electron chi connectivity index (χ3n) is 3.41. The summed E-state index contributed by atoms with van der Waals surface area (Å²) in [5.74, 6) is -0.0900. The third-order valence-corrected chi connectivity index (χ3v) is 3.41. The summed E-state index contributed by atoms with van der Waals surface area (Å²) in [6.45, 7) is 1.94. The van der Waals surface area contributed by atoms with Crippen molar-refractivity contribution in [1.82, 2.24) is 20.4 Å². The lowest BCUT2D eigenvalue weighted by Gasteiger charge is -2.11. The molecule has 0 radical (unpaired) electrons. The van der Waals surface area contributed by atoms with Crippen molar-refractivity contribution >= 4 is 16.8 Å². The van der Waals surface area contributed by atoms with Gasteiger partial charge in [-0.05, 0) is 26.1 Å². The van der Waals surface area contributed by atoms with E-state index in [2.05, 4.69) is 27.5 Å². The van der Waals surface area contributed by atoms with Gasteiger partial charge in [-0.2, -0.15) is 5.10 Å². The SMILES string of the molecule is CN1CC[C@H](NC(=O)c2n[nH]c3ccccc23)C1. The highest BCUT2D eigenvalue weighted by atomic mass is 16.2. The average molecular weight is 244 g/mol. The zero-order chi connectivity index (χ0) is 12.5. The van der Waals surface area contributed by atoms with Crippen molar-refractivity contribution in [2.75, 3.05) is 20.1 Å². The van der Waals surface area contributed by atoms with E-state index in [1.165, 1.54) is 0 Å². The molecule has 0 spiro atoms. The van der Waals surface area contributed by atoms with Gasteiger partial charge in [0, 0.05) is 18.0 Å². The van der Waals surface area contributed by atoms with Crippen LogP contribution in [-0.2, 0) is 0 Å². The van der Waals surface area contributed by atoms with Crippen LogP contribution in [0.5, 0.6) is 0 Å². The molecule has 5 heteroatoms. The minimum atomic E-state index is -0.0900. The van der Waals surface area contributed by atoms with Crippen LogP contribution in [0.3, 0.4) is 0 Å². The molecule has 0 bridgehead atoms. The molecule has 1 atom stereocenters. The molecule has 94 valence electrons. The number of fused-ring (bicyclic) bond motifs is 1. The van der Waals surface area contributed by atoms with Gasteiger partial charge in [-0.15, -0.1) is 0 Å². The van der Waals surface area contributed by atoms with Crippen LogP contribution in [-0.4, -0.2) is 47.2 Å². The molecule has 5 nitrogen and oxygen atoms in total. The highest BCUT2D eigenvalue weighted by Crippen LogP contribution is 2.15. The van der Waals surface area contributed by atoms with E-state index in [1.54, 1.807) is 0 Å². The van der Waals surface area contributed by atoms with Crippen molar-refractivity contribution in [2.24, 2.45) is 0 Å². The summed E-state index contributed by atoms with van der Waals surface area (Å²) in [7, 11) is 2.07. The van der Waals surface area contributed by atoms with E-state index in [9.17, 15) is 4.79 Å². The summed E-state index contributed by atoms with van der Waals surface area (Å²) >= 11 is 0. The quantitative estimate of drug-likeness (QED) is 0.828. The van der Waals surface area contributed by atoms with Crippen molar-refractivity contribution in [1.29, 1.82) is 0 Å². The summed E-state index contributed by atoms with van der Waals surface area (Å²) < 4.78 is 0. The molecule has 0 aliphatic carbocycles. The number of para-hydroxylation sites is 1. The Hall–Kier alpha value is -1.88. The lowest BCUT2D eigenvalue weighted by Crippen LogP contribution is -2.36. The number of likely N-dealkylation sites (N-methyl/N-ethyl adjacent to an activating group) is 1. The number of carbonyl (C=O) groups excluding carboxylic acids is 1. The van der Waals surface area contributed by atoms with Crippen molar-refractivity contribution in [3.05, 3.63) is 30.0 Å². The van der Waals surface area contributed by atoms with Crippen LogP contribution in [0.25, 0.3) is 10.9 Å². The van der Waals surface area contributed by atoms with Gasteiger partial charge in [0.1, 0.15) is 0 Å². The molecule has 2 aromatic rings. The number of carbonyl (C=O) groups is 1. The number of aromatic nitrogens is 2. The standard InChI is InChI=1S/C13H16N4O/c1-17-7-6-9(8-17)14-13(18)12-10-4-2-3-5-11(10)15-16-12/h2-5,9H,6-8H2,1H3,(H,14,18)(H,15,16)/t9-/m0/s1. The smallest absolute Gasteiger partial charge is 0.272 e. The Morgan fingerprint density at radius 1 is 1.50 bits per heavy atom. The molecular formula is C13H16N4O. The third kappa shape index (κ3) is 1.97. The molecule has 2 heterocycles. The van der Waals surface area contributed by atoms with Gasteiger partial charge in [-0.25, -0.2) is 0 Å². The zero-order valence-electron chi connectivity index (χ0n) is 10.3. The first kappa shape index (κ1) is 11.2. The van der Waals surface area contributed by atoms with E-state index in [-0.39, 0.29) is 11.9 Å². The fourth-order valence-corrected chi connectivity index (χ4v) is 2.44. The van der Waals surface area contributed by atoms with Crippen LogP contribution in [0.1, 0.15) is 16.9 Å². The number of nitrogens with one attached hydrogen (secondary N) is 2. The van der Waals surface area contributed by atoms with Crippen LogP contribution >= 0.6 is 0 Å². The van der Waals surface area contributed by atoms with Crippen LogP contribution in [0.2, 0.25) is 0 Å². The van der Waals surface area contributed by atoms with Gasteiger partial charge in [0.05, 0.1) is 5.52 Å². The summed E-state index contributed by atoms with van der Waals surface area (Å²) in [4.78, 5) is 14.4. The molecule has 1 aromatic heterocycles. The van der Waals surface area contributed by atoms with Gasteiger partial charge in [0.25, 0.3) is 5.91 Å². The van der Waals surface area contributed by atoms with E-state index in [1.807, 2.05) is 24.3 Å². The number of rotatable bonds is 2. The number of likely N-dealkylation sites (tertiary alicyclic amines) is 1. The maximum atomic E-state index is 12.2. The molecule has 0 saturated carbocycles. The number of aromatic amines is 1. The Labute approximate surface area is 105 Å². The number of H-pyrrole nitrogens is 1. The summed E-state index contributed by atoms with van der Waals surface area (Å²) in [6, 6.07) is 7.90. The summed E-state index contributed by atoms with van der Waals surface area (Å²) in [5, 5.41) is 10.9. The Kier molecular flexibility index (Phi) is 2.76. The predicted molar refractivity (Wildman–Crippen MR) is 69.5 cm³/mol. The van der Waals surface area contributed by atoms with Crippen LogP contribution < -0.4 is 5.32 Å². The van der Waals surface area contributed by atoms with Gasteiger partial charge < -0.3 is 10.2 Å². The highest BCUT2D eigenvalue weighted by molar-refractivity contribution is 6.04. The average Bonchev–Trinajstić information content (AvgIpc) is 2.95. The zero-order valence-corrected chi connectivity index (χ0v) is 10.3. The Morgan fingerprint density at radius 3 is 3.11 bits per heavy atom. The predicted octanol–water partition coefficient (Wildman–Crippen LogP) is 0.997. The van der Waals surface area contributed by atoms with Gasteiger partial charge in [-0.1, -0.05) is 18.2 Å². The summed E-state index contributed by atoms with van der Waals surface area (Å²) in [5.41, 5.74) is 1.38. The molecule has 1 aliphatic heterocycles. The monoisotopic (exact) mass is 244 g/mol. The molecule has 1 saturated heterocycles. The Morgan fingerprint density at radius 2 is 2.33 bits per heavy atom. The van der Waals surface area contributed by atoms with Crippen molar-refractivity contribution in [3.63, 3.8) is 0 Å². The molecule has 2 N–H and O–H groups in total. The van der Waals surface area contributed by atoms with E-state index in [0.29, 0.717) is 5.69 Å². The summed E-state index contributed by atoms with van der Waals surface area (Å²) in [6.07, 6.45) is 1.00. The number of nitrogens with zero attached hydrogens (tertiary/aromatic N) is 2. The second-order valence-corrected chi connectivity index (χ2v) is 4.84. The number of amides is 1. The van der Waals surface area contributed by atoms with Crippen LogP contribution in [0.15, 0.2) is 24.3 Å². The van der Waals surface area contributed by atoms with Crippen molar-refractivity contribution < 1.29 is 4.79 Å². The molecule has 18 heavy (non-hydrogen) atoms. The van der Waals surface area contributed by atoms with E-state index in [4.69, 9.17) is 0 Å².